The summed E-state index contributed by atoms with van der Waals surface area (Å²) in [6.07, 6.45) is 0. The van der Waals surface area contributed by atoms with Gasteiger partial charge in [-0.3, -0.25) is 0 Å². The van der Waals surface area contributed by atoms with Crippen LogP contribution in [0.2, 0.25) is 0 Å². The molecule has 1 aliphatic heterocycles. The molecule has 1 aromatic rings. The molecule has 0 spiro atoms. The summed E-state index contributed by atoms with van der Waals surface area (Å²) in [7, 11) is 0. The first-order chi connectivity index (χ1) is 8.99. The van der Waals surface area contributed by atoms with Gasteiger partial charge in [0.05, 0.1) is 18.8 Å². The fourth-order valence-electron chi connectivity index (χ4n) is 2.05. The molecule has 104 valence electrons. The van der Waals surface area contributed by atoms with Crippen molar-refractivity contribution in [3.63, 3.8) is 0 Å². The highest BCUT2D eigenvalue weighted by Gasteiger charge is 2.26. The van der Waals surface area contributed by atoms with Gasteiger partial charge in [-0.25, -0.2) is 9.18 Å². The molecule has 5 heteroatoms. The second kappa shape index (κ2) is 5.57. The number of benzene rings is 1. The number of urea groups is 1. The highest BCUT2D eigenvalue weighted by molar-refractivity contribution is 5.75. The van der Waals surface area contributed by atoms with Crippen LogP contribution in [0, 0.1) is 5.82 Å². The number of morpholine rings is 1. The predicted molar refractivity (Wildman–Crippen MR) is 70.3 cm³/mol. The molecule has 19 heavy (non-hydrogen) atoms. The average molecular weight is 266 g/mol. The molecule has 1 saturated heterocycles. The summed E-state index contributed by atoms with van der Waals surface area (Å²) in [5.74, 6) is -0.279. The van der Waals surface area contributed by atoms with Crippen molar-refractivity contribution in [1.29, 1.82) is 0 Å². The first-order valence-electron chi connectivity index (χ1n) is 6.40. The Hall–Kier alpha value is -1.62. The average Bonchev–Trinajstić information content (AvgIpc) is 2.40. The van der Waals surface area contributed by atoms with Gasteiger partial charge in [0, 0.05) is 13.1 Å². The largest absolute Gasteiger partial charge is 0.378 e. The second-order valence-corrected chi connectivity index (χ2v) is 5.16. The highest BCUT2D eigenvalue weighted by Crippen LogP contribution is 2.20. The number of hydrogen-bond donors (Lipinski definition) is 1. The molecule has 0 aliphatic carbocycles. The van der Waals surface area contributed by atoms with Gasteiger partial charge < -0.3 is 15.0 Å². The third kappa shape index (κ3) is 3.44. The lowest BCUT2D eigenvalue weighted by molar-refractivity contribution is 0.0514. The molecule has 4 nitrogen and oxygen atoms in total. The van der Waals surface area contributed by atoms with Crippen LogP contribution >= 0.6 is 0 Å². The molecule has 1 aromatic carbocycles. The van der Waals surface area contributed by atoms with Crippen LogP contribution in [0.15, 0.2) is 24.3 Å². The molecule has 1 fully saturated rings. The molecular formula is C14H19FN2O2. The molecule has 1 N–H and O–H groups in total. The molecule has 2 amide bonds. The van der Waals surface area contributed by atoms with E-state index in [-0.39, 0.29) is 11.8 Å². The van der Waals surface area contributed by atoms with E-state index in [0.717, 1.165) is 5.56 Å². The van der Waals surface area contributed by atoms with E-state index in [1.165, 1.54) is 12.1 Å². The molecule has 1 aliphatic rings. The predicted octanol–water partition coefficient (Wildman–Crippen LogP) is 2.10. The van der Waals surface area contributed by atoms with Gasteiger partial charge in [0.15, 0.2) is 0 Å². The molecule has 1 heterocycles. The summed E-state index contributed by atoms with van der Waals surface area (Å²) in [5.41, 5.74) is 0.332. The van der Waals surface area contributed by atoms with Gasteiger partial charge in [0.2, 0.25) is 0 Å². The Labute approximate surface area is 112 Å². The zero-order chi connectivity index (χ0) is 13.9. The Morgan fingerprint density at radius 2 is 1.84 bits per heavy atom. The van der Waals surface area contributed by atoms with E-state index in [4.69, 9.17) is 4.74 Å². The Morgan fingerprint density at radius 1 is 1.26 bits per heavy atom. The van der Waals surface area contributed by atoms with E-state index in [0.29, 0.717) is 26.3 Å². The van der Waals surface area contributed by atoms with Gasteiger partial charge in [-0.2, -0.15) is 0 Å². The molecule has 0 atom stereocenters. The van der Waals surface area contributed by atoms with Crippen molar-refractivity contribution in [1.82, 2.24) is 10.2 Å². The van der Waals surface area contributed by atoms with Crippen molar-refractivity contribution in [2.75, 3.05) is 26.3 Å². The summed E-state index contributed by atoms with van der Waals surface area (Å²) in [6.45, 7) is 6.16. The van der Waals surface area contributed by atoms with Crippen LogP contribution in [0.25, 0.3) is 0 Å². The molecular weight excluding hydrogens is 247 g/mol. The maximum absolute atomic E-state index is 12.9. The van der Waals surface area contributed by atoms with E-state index in [2.05, 4.69) is 5.32 Å². The third-order valence-corrected chi connectivity index (χ3v) is 3.28. The molecule has 0 saturated carbocycles. The highest BCUT2D eigenvalue weighted by atomic mass is 19.1. The number of amides is 2. The number of ether oxygens (including phenoxy) is 1. The van der Waals surface area contributed by atoms with E-state index >= 15 is 0 Å². The summed E-state index contributed by atoms with van der Waals surface area (Å²) in [5, 5.41) is 2.97. The minimum atomic E-state index is -0.539. The number of carbonyl (C=O) groups is 1. The van der Waals surface area contributed by atoms with Crippen LogP contribution < -0.4 is 5.32 Å². The van der Waals surface area contributed by atoms with Gasteiger partial charge in [-0.05, 0) is 31.5 Å². The fraction of sp³-hybridized carbons (Fsp3) is 0.500. The zero-order valence-electron chi connectivity index (χ0n) is 11.3. The Bertz CT molecular complexity index is 439. The standard InChI is InChI=1S/C14H19FN2O2/c1-14(2,11-3-5-12(15)6-4-11)16-13(18)17-7-9-19-10-8-17/h3-6H,7-10H2,1-2H3,(H,16,18). The minimum Gasteiger partial charge on any atom is -0.378 e. The van der Waals surface area contributed by atoms with Crippen LogP contribution in [0.5, 0.6) is 0 Å². The van der Waals surface area contributed by atoms with Crippen molar-refractivity contribution in [2.45, 2.75) is 19.4 Å². The second-order valence-electron chi connectivity index (χ2n) is 5.16. The van der Waals surface area contributed by atoms with Gasteiger partial charge >= 0.3 is 6.03 Å². The first-order valence-corrected chi connectivity index (χ1v) is 6.40. The first kappa shape index (κ1) is 13.8. The molecule has 2 rings (SSSR count). The molecule has 0 radical (unpaired) electrons. The van der Waals surface area contributed by atoms with E-state index in [1.807, 2.05) is 13.8 Å². The van der Waals surface area contributed by atoms with Gasteiger partial charge in [-0.1, -0.05) is 12.1 Å². The molecule has 0 bridgehead atoms. The SMILES string of the molecule is CC(C)(NC(=O)N1CCOCC1)c1ccc(F)cc1. The van der Waals surface area contributed by atoms with Crippen molar-refractivity contribution in [2.24, 2.45) is 0 Å². The summed E-state index contributed by atoms with van der Waals surface area (Å²) >= 11 is 0. The molecule has 0 unspecified atom stereocenters. The van der Waals surface area contributed by atoms with Crippen LogP contribution in [-0.2, 0) is 10.3 Å². The topological polar surface area (TPSA) is 41.6 Å². The van der Waals surface area contributed by atoms with Crippen molar-refractivity contribution in [3.05, 3.63) is 35.6 Å². The van der Waals surface area contributed by atoms with Crippen molar-refractivity contribution >= 4 is 6.03 Å². The summed E-state index contributed by atoms with van der Waals surface area (Å²) < 4.78 is 18.1. The van der Waals surface area contributed by atoms with Crippen LogP contribution in [-0.4, -0.2) is 37.2 Å². The number of nitrogens with one attached hydrogen (secondary N) is 1. The van der Waals surface area contributed by atoms with Gasteiger partial charge in [0.1, 0.15) is 5.82 Å². The number of rotatable bonds is 2. The minimum absolute atomic E-state index is 0.113. The smallest absolute Gasteiger partial charge is 0.318 e. The van der Waals surface area contributed by atoms with E-state index in [1.54, 1.807) is 17.0 Å². The lowest BCUT2D eigenvalue weighted by atomic mass is 9.94. The lowest BCUT2D eigenvalue weighted by Crippen LogP contribution is -2.51. The quantitative estimate of drug-likeness (QED) is 0.890. The summed E-state index contributed by atoms with van der Waals surface area (Å²) in [6, 6.07) is 6.07. The van der Waals surface area contributed by atoms with Crippen molar-refractivity contribution in [3.8, 4) is 0 Å². The Kier molecular flexibility index (Phi) is 4.04. The number of halogens is 1. The van der Waals surface area contributed by atoms with Gasteiger partial charge in [0.25, 0.3) is 0 Å². The maximum atomic E-state index is 12.9. The van der Waals surface area contributed by atoms with E-state index in [9.17, 15) is 9.18 Å². The third-order valence-electron chi connectivity index (χ3n) is 3.28. The van der Waals surface area contributed by atoms with Crippen LogP contribution in [0.4, 0.5) is 9.18 Å². The normalized spacial score (nSPS) is 16.3. The van der Waals surface area contributed by atoms with E-state index < -0.39 is 5.54 Å². The molecule has 0 aromatic heterocycles. The van der Waals surface area contributed by atoms with Crippen LogP contribution in [0.1, 0.15) is 19.4 Å². The number of hydrogen-bond acceptors (Lipinski definition) is 2. The lowest BCUT2D eigenvalue weighted by Gasteiger charge is -2.33. The summed E-state index contributed by atoms with van der Waals surface area (Å²) in [4.78, 5) is 13.9. The monoisotopic (exact) mass is 266 g/mol. The van der Waals surface area contributed by atoms with Crippen molar-refractivity contribution < 1.29 is 13.9 Å². The Balaban J connectivity index is 2.03. The Morgan fingerprint density at radius 3 is 2.42 bits per heavy atom. The number of nitrogens with zero attached hydrogens (tertiary/aromatic N) is 1. The maximum Gasteiger partial charge on any atom is 0.318 e. The fourth-order valence-corrected chi connectivity index (χ4v) is 2.05. The number of carbonyl (C=O) groups excluding carboxylic acids is 1. The zero-order valence-corrected chi connectivity index (χ0v) is 11.3. The van der Waals surface area contributed by atoms with Crippen LogP contribution in [0.3, 0.4) is 0 Å². The van der Waals surface area contributed by atoms with Gasteiger partial charge in [-0.15, -0.1) is 0 Å².